The van der Waals surface area contributed by atoms with Gasteiger partial charge in [-0.3, -0.25) is 0 Å². The van der Waals surface area contributed by atoms with Crippen molar-refractivity contribution in [1.29, 1.82) is 0 Å². The highest BCUT2D eigenvalue weighted by Crippen LogP contribution is 1.97. The van der Waals surface area contributed by atoms with Crippen LogP contribution in [0.3, 0.4) is 0 Å². The van der Waals surface area contributed by atoms with Crippen molar-refractivity contribution < 1.29 is 5.11 Å². The summed E-state index contributed by atoms with van der Waals surface area (Å²) in [6.07, 6.45) is 4.35. The van der Waals surface area contributed by atoms with E-state index in [0.29, 0.717) is 0 Å². The summed E-state index contributed by atoms with van der Waals surface area (Å²) in [5, 5.41) is 8.40. The molecule has 9 heavy (non-hydrogen) atoms. The standard InChI is InChI=1S/C7H15NO/c1-2-4-7(8)5-3-6-9/h2,7,9H,1,3-6,8H2. The van der Waals surface area contributed by atoms with Crippen molar-refractivity contribution in [2.75, 3.05) is 6.61 Å². The normalized spacial score (nSPS) is 13.1. The smallest absolute Gasteiger partial charge is 0.0431 e. The molecular formula is C7H15NO. The molecule has 0 saturated heterocycles. The van der Waals surface area contributed by atoms with Crippen LogP contribution < -0.4 is 5.73 Å². The van der Waals surface area contributed by atoms with Gasteiger partial charge in [-0.15, -0.1) is 6.58 Å². The molecule has 1 unspecified atom stereocenters. The van der Waals surface area contributed by atoms with Crippen molar-refractivity contribution in [3.8, 4) is 0 Å². The third kappa shape index (κ3) is 5.53. The number of aliphatic hydroxyl groups excluding tert-OH is 1. The third-order valence-electron chi connectivity index (χ3n) is 1.20. The fourth-order valence-electron chi connectivity index (χ4n) is 0.685. The van der Waals surface area contributed by atoms with Crippen LogP contribution in [0.2, 0.25) is 0 Å². The van der Waals surface area contributed by atoms with Gasteiger partial charge >= 0.3 is 0 Å². The molecule has 1 atom stereocenters. The zero-order valence-electron chi connectivity index (χ0n) is 5.71. The maximum absolute atomic E-state index is 8.40. The number of hydrogen-bond donors (Lipinski definition) is 2. The van der Waals surface area contributed by atoms with Crippen LogP contribution in [0.15, 0.2) is 12.7 Å². The second kappa shape index (κ2) is 5.79. The van der Waals surface area contributed by atoms with Gasteiger partial charge in [0.05, 0.1) is 0 Å². The van der Waals surface area contributed by atoms with E-state index in [4.69, 9.17) is 10.8 Å². The van der Waals surface area contributed by atoms with E-state index in [1.165, 1.54) is 0 Å². The van der Waals surface area contributed by atoms with E-state index in [-0.39, 0.29) is 12.6 Å². The molecule has 0 aromatic heterocycles. The Kier molecular flexibility index (Phi) is 5.57. The van der Waals surface area contributed by atoms with Crippen LogP contribution in [0, 0.1) is 0 Å². The molecule has 0 aromatic carbocycles. The first-order valence-electron chi connectivity index (χ1n) is 3.28. The monoisotopic (exact) mass is 129 g/mol. The second-order valence-corrected chi connectivity index (χ2v) is 2.15. The van der Waals surface area contributed by atoms with Crippen molar-refractivity contribution in [1.82, 2.24) is 0 Å². The van der Waals surface area contributed by atoms with Gasteiger partial charge < -0.3 is 10.8 Å². The van der Waals surface area contributed by atoms with E-state index in [2.05, 4.69) is 6.58 Å². The lowest BCUT2D eigenvalue weighted by molar-refractivity contribution is 0.279. The highest BCUT2D eigenvalue weighted by Gasteiger charge is 1.96. The molecule has 0 saturated carbocycles. The topological polar surface area (TPSA) is 46.2 Å². The van der Waals surface area contributed by atoms with Gasteiger partial charge in [-0.25, -0.2) is 0 Å². The Morgan fingerprint density at radius 3 is 2.78 bits per heavy atom. The first-order valence-corrected chi connectivity index (χ1v) is 3.28. The van der Waals surface area contributed by atoms with Crippen LogP contribution in [0.1, 0.15) is 19.3 Å². The Bertz CT molecular complexity index is 73.3. The Hall–Kier alpha value is -0.340. The fourth-order valence-corrected chi connectivity index (χ4v) is 0.685. The zero-order chi connectivity index (χ0) is 7.11. The molecule has 0 amide bonds. The highest BCUT2D eigenvalue weighted by molar-refractivity contribution is 4.74. The lowest BCUT2D eigenvalue weighted by Crippen LogP contribution is -2.18. The van der Waals surface area contributed by atoms with Gasteiger partial charge in [-0.1, -0.05) is 6.08 Å². The summed E-state index contributed by atoms with van der Waals surface area (Å²) in [6, 6.07) is 0.189. The number of hydrogen-bond acceptors (Lipinski definition) is 2. The molecule has 2 heteroatoms. The summed E-state index contributed by atoms with van der Waals surface area (Å²) in [5.41, 5.74) is 5.59. The summed E-state index contributed by atoms with van der Waals surface area (Å²) in [7, 11) is 0. The number of aliphatic hydroxyl groups is 1. The second-order valence-electron chi connectivity index (χ2n) is 2.15. The first-order chi connectivity index (χ1) is 4.31. The predicted octanol–water partition coefficient (Wildman–Crippen LogP) is 0.662. The van der Waals surface area contributed by atoms with E-state index in [1.807, 2.05) is 6.08 Å². The number of rotatable bonds is 5. The van der Waals surface area contributed by atoms with Gasteiger partial charge in [-0.2, -0.15) is 0 Å². The fraction of sp³-hybridized carbons (Fsp3) is 0.714. The van der Waals surface area contributed by atoms with Gasteiger partial charge in [0.1, 0.15) is 0 Å². The highest BCUT2D eigenvalue weighted by atomic mass is 16.2. The molecule has 2 nitrogen and oxygen atoms in total. The SMILES string of the molecule is C=CCC(N)CCCO. The first kappa shape index (κ1) is 8.66. The third-order valence-corrected chi connectivity index (χ3v) is 1.20. The van der Waals surface area contributed by atoms with E-state index in [0.717, 1.165) is 19.3 Å². The van der Waals surface area contributed by atoms with Crippen molar-refractivity contribution in [3.05, 3.63) is 12.7 Å². The van der Waals surface area contributed by atoms with Crippen LogP contribution in [-0.2, 0) is 0 Å². The maximum atomic E-state index is 8.40. The zero-order valence-corrected chi connectivity index (χ0v) is 5.71. The van der Waals surface area contributed by atoms with Crippen LogP contribution in [0.25, 0.3) is 0 Å². The molecule has 0 aromatic rings. The van der Waals surface area contributed by atoms with Crippen LogP contribution in [0.4, 0.5) is 0 Å². The molecule has 0 rings (SSSR count). The van der Waals surface area contributed by atoms with Gasteiger partial charge in [0.15, 0.2) is 0 Å². The average Bonchev–Trinajstić information content (AvgIpc) is 1.85. The molecular weight excluding hydrogens is 114 g/mol. The Morgan fingerprint density at radius 2 is 2.33 bits per heavy atom. The van der Waals surface area contributed by atoms with E-state index >= 15 is 0 Å². The molecule has 0 spiro atoms. The van der Waals surface area contributed by atoms with Crippen molar-refractivity contribution >= 4 is 0 Å². The molecule has 0 aliphatic heterocycles. The minimum absolute atomic E-state index is 0.189. The van der Waals surface area contributed by atoms with Crippen LogP contribution >= 0.6 is 0 Å². The van der Waals surface area contributed by atoms with Crippen LogP contribution in [-0.4, -0.2) is 17.8 Å². The van der Waals surface area contributed by atoms with Crippen molar-refractivity contribution in [2.24, 2.45) is 5.73 Å². The average molecular weight is 129 g/mol. The molecule has 0 aliphatic rings. The lowest BCUT2D eigenvalue weighted by atomic mass is 10.1. The minimum atomic E-state index is 0.189. The Morgan fingerprint density at radius 1 is 1.67 bits per heavy atom. The van der Waals surface area contributed by atoms with E-state index in [1.54, 1.807) is 0 Å². The van der Waals surface area contributed by atoms with Gasteiger partial charge in [-0.05, 0) is 19.3 Å². The lowest BCUT2D eigenvalue weighted by Gasteiger charge is -2.05. The predicted molar refractivity (Wildman–Crippen MR) is 39.1 cm³/mol. The summed E-state index contributed by atoms with van der Waals surface area (Å²) in [6.45, 7) is 3.81. The molecule has 0 heterocycles. The number of nitrogens with two attached hydrogens (primary N) is 1. The molecule has 0 aliphatic carbocycles. The van der Waals surface area contributed by atoms with E-state index in [9.17, 15) is 0 Å². The quantitative estimate of drug-likeness (QED) is 0.536. The molecule has 0 radical (unpaired) electrons. The van der Waals surface area contributed by atoms with Crippen LogP contribution in [0.5, 0.6) is 0 Å². The molecule has 0 fully saturated rings. The van der Waals surface area contributed by atoms with Crippen molar-refractivity contribution in [3.63, 3.8) is 0 Å². The largest absolute Gasteiger partial charge is 0.396 e. The summed E-state index contributed by atoms with van der Waals surface area (Å²) in [5.74, 6) is 0. The van der Waals surface area contributed by atoms with E-state index < -0.39 is 0 Å². The summed E-state index contributed by atoms with van der Waals surface area (Å²) >= 11 is 0. The summed E-state index contributed by atoms with van der Waals surface area (Å²) in [4.78, 5) is 0. The Balaban J connectivity index is 3.04. The van der Waals surface area contributed by atoms with Gasteiger partial charge in [0.25, 0.3) is 0 Å². The Labute approximate surface area is 56.4 Å². The molecule has 3 N–H and O–H groups in total. The van der Waals surface area contributed by atoms with Gasteiger partial charge in [0, 0.05) is 12.6 Å². The minimum Gasteiger partial charge on any atom is -0.396 e. The molecule has 54 valence electrons. The molecule has 0 bridgehead atoms. The summed E-state index contributed by atoms with van der Waals surface area (Å²) < 4.78 is 0. The maximum Gasteiger partial charge on any atom is 0.0431 e. The van der Waals surface area contributed by atoms with Gasteiger partial charge in [0.2, 0.25) is 0 Å². The van der Waals surface area contributed by atoms with Crippen molar-refractivity contribution in [2.45, 2.75) is 25.3 Å².